The Morgan fingerprint density at radius 2 is 1.80 bits per heavy atom. The summed E-state index contributed by atoms with van der Waals surface area (Å²) in [5.74, 6) is -0.119. The molecule has 182 valence electrons. The lowest BCUT2D eigenvalue weighted by Gasteiger charge is -2.27. The van der Waals surface area contributed by atoms with E-state index in [0.717, 1.165) is 29.4 Å². The zero-order valence-corrected chi connectivity index (χ0v) is 19.0. The van der Waals surface area contributed by atoms with Crippen molar-refractivity contribution in [1.29, 1.82) is 0 Å². The molecule has 1 amide bonds. The number of benzene rings is 3. The maximum absolute atomic E-state index is 14.0. The highest BCUT2D eigenvalue weighted by molar-refractivity contribution is 5.85. The van der Waals surface area contributed by atoms with Gasteiger partial charge in [-0.25, -0.2) is 13.5 Å². The van der Waals surface area contributed by atoms with Crippen LogP contribution in [0.25, 0.3) is 16.6 Å². The number of amides is 1. The van der Waals surface area contributed by atoms with Crippen LogP contribution in [0.1, 0.15) is 45.8 Å². The normalized spacial score (nSPS) is 15.7. The number of hydrogen-bond acceptors (Lipinski definition) is 3. The van der Waals surface area contributed by atoms with Gasteiger partial charge in [-0.1, -0.05) is 26.5 Å². The first-order valence-electron chi connectivity index (χ1n) is 11.3. The summed E-state index contributed by atoms with van der Waals surface area (Å²) in [6, 6.07) is 17.5. The molecule has 35 heavy (non-hydrogen) atoms. The van der Waals surface area contributed by atoms with Crippen molar-refractivity contribution in [3.05, 3.63) is 90.1 Å². The van der Waals surface area contributed by atoms with Gasteiger partial charge in [0.25, 0.3) is 0 Å². The van der Waals surface area contributed by atoms with Gasteiger partial charge in [0.2, 0.25) is 5.91 Å². The Kier molecular flexibility index (Phi) is 6.61. The number of carbonyl (C=O) groups is 1. The number of nitrogens with one attached hydrogen (secondary N) is 1. The molecule has 1 saturated carbocycles. The van der Waals surface area contributed by atoms with Crippen molar-refractivity contribution in [2.75, 3.05) is 0 Å². The van der Waals surface area contributed by atoms with Gasteiger partial charge < -0.3 is 10.1 Å². The Bertz CT molecular complexity index is 1350. The van der Waals surface area contributed by atoms with Crippen molar-refractivity contribution in [1.82, 2.24) is 15.1 Å². The zero-order valence-electron chi connectivity index (χ0n) is 19.0. The Morgan fingerprint density at radius 3 is 2.49 bits per heavy atom. The number of halogens is 2. The molecule has 0 unspecified atom stereocenters. The molecule has 5 rings (SSSR count). The molecule has 3 aromatic carbocycles. The summed E-state index contributed by atoms with van der Waals surface area (Å²) in [5.41, 5.74) is 1.89. The second-order valence-corrected chi connectivity index (χ2v) is 9.17. The average molecular weight is 478 g/mol. The Balaban J connectivity index is 0.00000289. The quantitative estimate of drug-likeness (QED) is 0.337. The van der Waals surface area contributed by atoms with Crippen LogP contribution in [0.15, 0.2) is 72.9 Å². The monoisotopic (exact) mass is 477 g/mol. The summed E-state index contributed by atoms with van der Waals surface area (Å²) in [7, 11) is 0. The molecule has 0 bridgehead atoms. The maximum Gasteiger partial charge on any atom is 0.226 e. The lowest BCUT2D eigenvalue weighted by Crippen LogP contribution is -2.42. The van der Waals surface area contributed by atoms with Crippen molar-refractivity contribution in [2.24, 2.45) is 5.41 Å². The van der Waals surface area contributed by atoms with Crippen molar-refractivity contribution in [2.45, 2.75) is 46.3 Å². The second kappa shape index (κ2) is 9.49. The highest BCUT2D eigenvalue weighted by Crippen LogP contribution is 2.45. The van der Waals surface area contributed by atoms with E-state index in [2.05, 4.69) is 10.4 Å². The summed E-state index contributed by atoms with van der Waals surface area (Å²) < 4.78 is 35.4. The number of nitrogens with zero attached hydrogens (tertiary/aromatic N) is 2. The van der Waals surface area contributed by atoms with Crippen LogP contribution < -0.4 is 10.1 Å². The van der Waals surface area contributed by atoms with Gasteiger partial charge in [0.1, 0.15) is 23.5 Å². The van der Waals surface area contributed by atoms with E-state index in [1.807, 2.05) is 32.0 Å². The number of rotatable bonds is 7. The Hall–Kier alpha value is -3.74. The second-order valence-electron chi connectivity index (χ2n) is 9.17. The van der Waals surface area contributed by atoms with Gasteiger partial charge in [-0.15, -0.1) is 0 Å². The van der Waals surface area contributed by atoms with Crippen LogP contribution >= 0.6 is 0 Å². The topological polar surface area (TPSA) is 56.1 Å². The largest absolute Gasteiger partial charge is 0.484 e. The third kappa shape index (κ3) is 5.04. The molecule has 4 aromatic rings. The van der Waals surface area contributed by atoms with E-state index in [1.165, 1.54) is 24.3 Å². The number of hydrogen-bond donors (Lipinski definition) is 1. The van der Waals surface area contributed by atoms with Gasteiger partial charge in [-0.2, -0.15) is 5.10 Å². The summed E-state index contributed by atoms with van der Waals surface area (Å²) in [6.45, 7) is 3.81. The fraction of sp³-hybridized carbons (Fsp3) is 0.286. The molecule has 2 atom stereocenters. The van der Waals surface area contributed by atoms with E-state index >= 15 is 0 Å². The van der Waals surface area contributed by atoms with Crippen molar-refractivity contribution < 1.29 is 18.3 Å². The number of aromatic nitrogens is 2. The van der Waals surface area contributed by atoms with Crippen LogP contribution in [0.3, 0.4) is 0 Å². The summed E-state index contributed by atoms with van der Waals surface area (Å²) in [6.07, 6.45) is 2.85. The van der Waals surface area contributed by atoms with Crippen LogP contribution in [-0.4, -0.2) is 21.7 Å². The predicted molar refractivity (Wildman–Crippen MR) is 132 cm³/mol. The standard InChI is InChI=1S/C27H25F2N3O2.CH4/c1-17(31-26(33)27(2)12-13-27)25(18-4-3-5-21(29)14-18)34-23-10-11-24-19(15-23)16-30-32(24)22-8-6-20(28)7-9-22;/h3-11,14-17,25H,12-13H2,1-2H3,(H,31,33);1H4/t17-,25-;/m0./s1. The lowest BCUT2D eigenvalue weighted by atomic mass is 10.0. The minimum absolute atomic E-state index is 0. The van der Waals surface area contributed by atoms with Gasteiger partial charge in [-0.3, -0.25) is 4.79 Å². The fourth-order valence-electron chi connectivity index (χ4n) is 4.03. The highest BCUT2D eigenvalue weighted by Gasteiger charge is 2.45. The van der Waals surface area contributed by atoms with Crippen LogP contribution in [0.4, 0.5) is 8.78 Å². The molecular formula is C28H29F2N3O2. The minimum Gasteiger partial charge on any atom is -0.484 e. The van der Waals surface area contributed by atoms with Crippen molar-refractivity contribution >= 4 is 16.8 Å². The van der Waals surface area contributed by atoms with Crippen molar-refractivity contribution in [3.63, 3.8) is 0 Å². The molecule has 1 fully saturated rings. The van der Waals surface area contributed by atoms with E-state index in [4.69, 9.17) is 4.74 Å². The molecule has 1 aromatic heterocycles. The first kappa shape index (κ1) is 24.4. The van der Waals surface area contributed by atoms with E-state index in [-0.39, 0.29) is 36.4 Å². The van der Waals surface area contributed by atoms with Crippen LogP contribution in [0, 0.1) is 17.0 Å². The third-order valence-corrected chi connectivity index (χ3v) is 6.41. The summed E-state index contributed by atoms with van der Waals surface area (Å²) in [4.78, 5) is 12.7. The van der Waals surface area contributed by atoms with E-state index in [9.17, 15) is 13.6 Å². The van der Waals surface area contributed by atoms with Gasteiger partial charge in [-0.05, 0) is 79.9 Å². The molecule has 1 aliphatic rings. The van der Waals surface area contributed by atoms with E-state index in [0.29, 0.717) is 11.3 Å². The molecule has 1 heterocycles. The van der Waals surface area contributed by atoms with Gasteiger partial charge in [0.15, 0.2) is 0 Å². The first-order chi connectivity index (χ1) is 16.3. The van der Waals surface area contributed by atoms with E-state index in [1.54, 1.807) is 35.1 Å². The van der Waals surface area contributed by atoms with Crippen molar-refractivity contribution in [3.8, 4) is 11.4 Å². The SMILES string of the molecule is C.C[C@H](NC(=O)C1(C)CC1)[C@H](Oc1ccc2c(cnn2-c2ccc(F)cc2)c1)c1cccc(F)c1. The number of fused-ring (bicyclic) bond motifs is 1. The molecule has 0 radical (unpaired) electrons. The van der Waals surface area contributed by atoms with Gasteiger partial charge >= 0.3 is 0 Å². The van der Waals surface area contributed by atoms with Crippen LogP contribution in [-0.2, 0) is 4.79 Å². The molecule has 0 spiro atoms. The average Bonchev–Trinajstić information content (AvgIpc) is 3.44. The molecule has 0 saturated heterocycles. The molecule has 1 N–H and O–H groups in total. The first-order valence-corrected chi connectivity index (χ1v) is 11.3. The summed E-state index contributed by atoms with van der Waals surface area (Å²) in [5, 5.41) is 8.32. The molecular weight excluding hydrogens is 448 g/mol. The number of ether oxygens (including phenoxy) is 1. The maximum atomic E-state index is 14.0. The Morgan fingerprint density at radius 1 is 1.06 bits per heavy atom. The van der Waals surface area contributed by atoms with Crippen LogP contribution in [0.2, 0.25) is 0 Å². The highest BCUT2D eigenvalue weighted by atomic mass is 19.1. The lowest BCUT2D eigenvalue weighted by molar-refractivity contribution is -0.127. The van der Waals surface area contributed by atoms with Gasteiger partial charge in [0, 0.05) is 10.8 Å². The zero-order chi connectivity index (χ0) is 23.9. The molecule has 7 heteroatoms. The predicted octanol–water partition coefficient (Wildman–Crippen LogP) is 6.36. The fourth-order valence-corrected chi connectivity index (χ4v) is 4.03. The van der Waals surface area contributed by atoms with E-state index < -0.39 is 6.10 Å². The third-order valence-electron chi connectivity index (χ3n) is 6.41. The smallest absolute Gasteiger partial charge is 0.226 e. The minimum atomic E-state index is -0.591. The molecule has 1 aliphatic carbocycles. The van der Waals surface area contributed by atoms with Gasteiger partial charge in [0.05, 0.1) is 23.4 Å². The molecule has 5 nitrogen and oxygen atoms in total. The van der Waals surface area contributed by atoms with Crippen LogP contribution in [0.5, 0.6) is 5.75 Å². The number of carbonyl (C=O) groups excluding carboxylic acids is 1. The molecule has 0 aliphatic heterocycles. The summed E-state index contributed by atoms with van der Waals surface area (Å²) >= 11 is 0. The Labute approximate surface area is 203 Å².